The first-order valence-electron chi connectivity index (χ1n) is 7.10. The number of nitrogens with one attached hydrogen (secondary N) is 1. The van der Waals surface area contributed by atoms with Gasteiger partial charge in [0.25, 0.3) is 0 Å². The molecule has 5 heteroatoms. The molecule has 0 saturated heterocycles. The Labute approximate surface area is 124 Å². The molecule has 0 aliphatic heterocycles. The minimum absolute atomic E-state index is 0.0373. The fraction of sp³-hybridized carbons (Fsp3) is 0.562. The molecule has 1 aromatic carbocycles. The van der Waals surface area contributed by atoms with Gasteiger partial charge in [-0.15, -0.1) is 0 Å². The molecule has 0 aromatic heterocycles. The van der Waals surface area contributed by atoms with E-state index in [0.717, 1.165) is 12.1 Å². The van der Waals surface area contributed by atoms with Crippen molar-refractivity contribution in [1.29, 1.82) is 0 Å². The third-order valence-electron chi connectivity index (χ3n) is 3.33. The Kier molecular flexibility index (Phi) is 5.84. The van der Waals surface area contributed by atoms with Crippen LogP contribution in [-0.2, 0) is 15.1 Å². The van der Waals surface area contributed by atoms with Crippen molar-refractivity contribution in [2.45, 2.75) is 40.2 Å². The Morgan fingerprint density at radius 3 is 2.48 bits per heavy atom. The van der Waals surface area contributed by atoms with Crippen molar-refractivity contribution in [1.82, 2.24) is 5.32 Å². The first-order chi connectivity index (χ1) is 9.72. The summed E-state index contributed by atoms with van der Waals surface area (Å²) in [5.41, 5.74) is -1.25. The first kappa shape index (κ1) is 17.6. The molecule has 3 nitrogen and oxygen atoms in total. The lowest BCUT2D eigenvalue weighted by Gasteiger charge is -2.30. The van der Waals surface area contributed by atoms with Crippen LogP contribution in [0.3, 0.4) is 0 Å². The predicted molar refractivity (Wildman–Crippen MR) is 77.9 cm³/mol. The molecule has 0 bridgehead atoms. The van der Waals surface area contributed by atoms with E-state index >= 15 is 0 Å². The quantitative estimate of drug-likeness (QED) is 0.819. The molecule has 118 valence electrons. The molecule has 0 aliphatic rings. The highest BCUT2D eigenvalue weighted by atomic mass is 19.1. The second kappa shape index (κ2) is 6.98. The molecule has 0 fully saturated rings. The van der Waals surface area contributed by atoms with Gasteiger partial charge < -0.3 is 4.74 Å². The third kappa shape index (κ3) is 4.00. The molecule has 0 radical (unpaired) electrons. The lowest BCUT2D eigenvalue weighted by molar-refractivity contribution is -0.151. The number of carbonyl (C=O) groups is 1. The summed E-state index contributed by atoms with van der Waals surface area (Å²) in [4.78, 5) is 12.3. The highest BCUT2D eigenvalue weighted by Gasteiger charge is 2.39. The summed E-state index contributed by atoms with van der Waals surface area (Å²) in [7, 11) is 0. The zero-order valence-corrected chi connectivity index (χ0v) is 13.2. The predicted octanol–water partition coefficient (Wildman–Crippen LogP) is 3.30. The summed E-state index contributed by atoms with van der Waals surface area (Å²) in [5.74, 6) is -1.54. The van der Waals surface area contributed by atoms with E-state index in [1.807, 2.05) is 13.8 Å². The number of ether oxygens (including phenoxy) is 1. The lowest BCUT2D eigenvalue weighted by atomic mass is 9.90. The van der Waals surface area contributed by atoms with Crippen LogP contribution in [0.25, 0.3) is 0 Å². The molecule has 0 saturated carbocycles. The molecular formula is C16H23F2NO2. The Hall–Kier alpha value is -1.49. The average molecular weight is 299 g/mol. The molecule has 0 spiro atoms. The van der Waals surface area contributed by atoms with Gasteiger partial charge in [-0.1, -0.05) is 13.8 Å². The highest BCUT2D eigenvalue weighted by molar-refractivity contribution is 5.82. The molecule has 21 heavy (non-hydrogen) atoms. The standard InChI is InChI=1S/C16H23F2NO2/c1-6-21-15(20)16(5,19-9-10(2)3)12-8-13(17)11(4)7-14(12)18/h7-8,10,19H,6,9H2,1-5H3. The van der Waals surface area contributed by atoms with Gasteiger partial charge in [-0.2, -0.15) is 0 Å². The summed E-state index contributed by atoms with van der Waals surface area (Å²) in [6, 6.07) is 2.16. The van der Waals surface area contributed by atoms with E-state index in [9.17, 15) is 13.6 Å². The molecule has 1 aromatic rings. The summed E-state index contributed by atoms with van der Waals surface area (Å²) >= 11 is 0. The van der Waals surface area contributed by atoms with E-state index in [1.165, 1.54) is 13.8 Å². The minimum Gasteiger partial charge on any atom is -0.464 e. The zero-order valence-electron chi connectivity index (χ0n) is 13.2. The first-order valence-corrected chi connectivity index (χ1v) is 7.10. The SMILES string of the molecule is CCOC(=O)C(C)(NCC(C)C)c1cc(F)c(C)cc1F. The fourth-order valence-electron chi connectivity index (χ4n) is 1.99. The Balaban J connectivity index is 3.29. The third-order valence-corrected chi connectivity index (χ3v) is 3.33. The molecule has 0 aliphatic carbocycles. The molecule has 1 unspecified atom stereocenters. The van der Waals surface area contributed by atoms with Gasteiger partial charge in [-0.3, -0.25) is 5.32 Å². The van der Waals surface area contributed by atoms with E-state index in [0.29, 0.717) is 6.54 Å². The van der Waals surface area contributed by atoms with Crippen molar-refractivity contribution in [3.63, 3.8) is 0 Å². The van der Waals surface area contributed by atoms with Crippen LogP contribution in [0.2, 0.25) is 0 Å². The van der Waals surface area contributed by atoms with E-state index in [1.54, 1.807) is 6.92 Å². The summed E-state index contributed by atoms with van der Waals surface area (Å²) in [6.45, 7) is 9.24. The maximum Gasteiger partial charge on any atom is 0.330 e. The normalized spacial score (nSPS) is 14.1. The Morgan fingerprint density at radius 1 is 1.33 bits per heavy atom. The molecule has 0 amide bonds. The topological polar surface area (TPSA) is 38.3 Å². The van der Waals surface area contributed by atoms with Gasteiger partial charge in [0, 0.05) is 5.56 Å². The number of hydrogen-bond donors (Lipinski definition) is 1. The zero-order chi connectivity index (χ0) is 16.2. The Bertz CT molecular complexity index is 517. The molecule has 1 atom stereocenters. The summed E-state index contributed by atoms with van der Waals surface area (Å²) < 4.78 is 33.1. The number of rotatable bonds is 6. The lowest BCUT2D eigenvalue weighted by Crippen LogP contribution is -2.49. The number of benzene rings is 1. The number of esters is 1. The average Bonchev–Trinajstić information content (AvgIpc) is 2.40. The molecular weight excluding hydrogens is 276 g/mol. The van der Waals surface area contributed by atoms with Crippen LogP contribution in [0, 0.1) is 24.5 Å². The molecule has 1 N–H and O–H groups in total. The van der Waals surface area contributed by atoms with Gasteiger partial charge >= 0.3 is 5.97 Å². The van der Waals surface area contributed by atoms with Crippen LogP contribution in [0.1, 0.15) is 38.8 Å². The van der Waals surface area contributed by atoms with Crippen molar-refractivity contribution < 1.29 is 18.3 Å². The maximum absolute atomic E-state index is 14.2. The van der Waals surface area contributed by atoms with E-state index in [2.05, 4.69) is 5.32 Å². The number of halogens is 2. The second-order valence-corrected chi connectivity index (χ2v) is 5.70. The van der Waals surface area contributed by atoms with Crippen LogP contribution in [-0.4, -0.2) is 19.1 Å². The largest absolute Gasteiger partial charge is 0.464 e. The van der Waals surface area contributed by atoms with Crippen LogP contribution in [0.5, 0.6) is 0 Å². The van der Waals surface area contributed by atoms with Crippen molar-refractivity contribution >= 4 is 5.97 Å². The maximum atomic E-state index is 14.2. The van der Waals surface area contributed by atoms with Gasteiger partial charge in [0.05, 0.1) is 6.61 Å². The summed E-state index contributed by atoms with van der Waals surface area (Å²) in [6.07, 6.45) is 0. The van der Waals surface area contributed by atoms with Crippen LogP contribution in [0.15, 0.2) is 12.1 Å². The van der Waals surface area contributed by atoms with Crippen molar-refractivity contribution in [3.05, 3.63) is 34.9 Å². The van der Waals surface area contributed by atoms with Gasteiger partial charge in [-0.25, -0.2) is 13.6 Å². The van der Waals surface area contributed by atoms with Gasteiger partial charge in [-0.05, 0) is 50.9 Å². The number of carbonyl (C=O) groups excluding carboxylic acids is 1. The number of aryl methyl sites for hydroxylation is 1. The van der Waals surface area contributed by atoms with Gasteiger partial charge in [0.2, 0.25) is 0 Å². The molecule has 1 rings (SSSR count). The van der Waals surface area contributed by atoms with Crippen molar-refractivity contribution in [2.24, 2.45) is 5.92 Å². The van der Waals surface area contributed by atoms with Gasteiger partial charge in [0.1, 0.15) is 17.2 Å². The minimum atomic E-state index is -1.42. The van der Waals surface area contributed by atoms with E-state index < -0.39 is 23.1 Å². The molecule has 0 heterocycles. The van der Waals surface area contributed by atoms with Crippen molar-refractivity contribution in [3.8, 4) is 0 Å². The van der Waals surface area contributed by atoms with Crippen LogP contribution in [0.4, 0.5) is 8.78 Å². The van der Waals surface area contributed by atoms with Gasteiger partial charge in [0.15, 0.2) is 0 Å². The van der Waals surface area contributed by atoms with E-state index in [4.69, 9.17) is 4.74 Å². The number of hydrogen-bond acceptors (Lipinski definition) is 3. The Morgan fingerprint density at radius 2 is 1.95 bits per heavy atom. The van der Waals surface area contributed by atoms with Crippen LogP contribution < -0.4 is 5.32 Å². The van der Waals surface area contributed by atoms with Crippen molar-refractivity contribution in [2.75, 3.05) is 13.2 Å². The monoisotopic (exact) mass is 299 g/mol. The summed E-state index contributed by atoms with van der Waals surface area (Å²) in [5, 5.41) is 3.00. The van der Waals surface area contributed by atoms with E-state index in [-0.39, 0.29) is 23.7 Å². The van der Waals surface area contributed by atoms with Crippen LogP contribution >= 0.6 is 0 Å². The smallest absolute Gasteiger partial charge is 0.330 e. The highest BCUT2D eigenvalue weighted by Crippen LogP contribution is 2.28. The fourth-order valence-corrected chi connectivity index (χ4v) is 1.99. The second-order valence-electron chi connectivity index (χ2n) is 5.70.